The van der Waals surface area contributed by atoms with Crippen molar-refractivity contribution in [2.45, 2.75) is 174 Å². The molecule has 420 valence electrons. The Balaban J connectivity index is 0.0000104. The normalized spacial score (nSPS) is 35.4. The van der Waals surface area contributed by atoms with E-state index < -0.39 is 90.0 Å². The van der Waals surface area contributed by atoms with Crippen LogP contribution in [0.3, 0.4) is 0 Å². The SMILES string of the molecule is C.CO[C@H]1C[C@@H](C)C/C(C)=C/[C@@H](C/C=C/CO)C(=O)C[C@H](O)[C@@H](C)[C@@H](/C(C)=C/[C@@H]2CC[C@@H](OC(=O)N3CCN(Cc4ccccn4)CC3)[C@H](OC)C2)OC(=O)[C@@H]2CCCCN2C(=O)C(=O)[C@]2(O)O[C@H]1[C@@H](OC)C[C@H]2C. The van der Waals surface area contributed by atoms with Crippen LogP contribution in [0.5, 0.6) is 0 Å². The Hall–Kier alpha value is -4.40. The fourth-order valence-corrected chi connectivity index (χ4v) is 11.7. The molecule has 5 heterocycles. The van der Waals surface area contributed by atoms with Gasteiger partial charge in [0.25, 0.3) is 11.7 Å². The molecule has 18 heteroatoms. The molecule has 1 aromatic heterocycles. The molecule has 75 heavy (non-hydrogen) atoms. The number of piperazine rings is 1. The molecule has 6 rings (SSSR count). The van der Waals surface area contributed by atoms with Crippen LogP contribution in [0.2, 0.25) is 0 Å². The summed E-state index contributed by atoms with van der Waals surface area (Å²) in [5.74, 6) is -8.32. The number of hydrogen-bond donors (Lipinski definition) is 3. The minimum atomic E-state index is -2.55. The van der Waals surface area contributed by atoms with E-state index in [9.17, 15) is 39.3 Å². The lowest BCUT2D eigenvalue weighted by Gasteiger charge is -2.47. The summed E-state index contributed by atoms with van der Waals surface area (Å²) in [6, 6.07) is 4.64. The number of fused-ring (bicyclic) bond motifs is 3. The Morgan fingerprint density at radius 1 is 0.880 bits per heavy atom. The van der Waals surface area contributed by atoms with Crippen molar-refractivity contribution in [3.63, 3.8) is 0 Å². The largest absolute Gasteiger partial charge is 0.456 e. The second-order valence-corrected chi connectivity index (χ2v) is 21.6. The average molecular weight is 1050 g/mol. The molecule has 0 radical (unpaired) electrons. The minimum Gasteiger partial charge on any atom is -0.456 e. The summed E-state index contributed by atoms with van der Waals surface area (Å²) in [4.78, 5) is 80.9. The lowest BCUT2D eigenvalue weighted by atomic mass is 9.81. The molecular weight excluding hydrogens is 965 g/mol. The molecular formula is C57H88N4O14. The Morgan fingerprint density at radius 3 is 2.25 bits per heavy atom. The van der Waals surface area contributed by atoms with Gasteiger partial charge in [-0.25, -0.2) is 9.59 Å². The first-order valence-electron chi connectivity index (χ1n) is 26.9. The zero-order chi connectivity index (χ0) is 53.7. The van der Waals surface area contributed by atoms with Crippen LogP contribution in [0, 0.1) is 29.6 Å². The van der Waals surface area contributed by atoms with Gasteiger partial charge in [0.1, 0.15) is 30.1 Å². The van der Waals surface area contributed by atoms with E-state index in [0.29, 0.717) is 83.2 Å². The van der Waals surface area contributed by atoms with Crippen LogP contribution in [0.25, 0.3) is 0 Å². The first kappa shape index (κ1) is 61.5. The number of pyridine rings is 1. The zero-order valence-electron chi connectivity index (χ0n) is 45.0. The molecule has 5 aliphatic rings. The highest BCUT2D eigenvalue weighted by Gasteiger charge is 2.56. The Labute approximate surface area is 445 Å². The van der Waals surface area contributed by atoms with Gasteiger partial charge in [0.2, 0.25) is 5.79 Å². The number of ketones is 2. The standard InChI is InChI=1S/C56H84N4O14.CH4/c1-35-27-36(2)29-48(70-7)51-49(71-8)31-38(4)56(68,74-51)52(64)53(65)60-21-13-10-17-43(60)54(66)73-50(39(5)44(62)33-45(63)41(28-35)15-11-14-26-61)37(3)30-40-18-19-46(47(32-40)69-6)72-55(67)59-24-22-58(23-25-59)34-42-16-9-12-20-57-42;/h9,11-12,14,16,20,28,30,36,38-41,43-44,46-51,61-62,68H,10,13,15,17-19,21-27,29,31-34H2,1-8H3;1H4/b14-11+,35-28+,37-30+;/t36-,38+,39+,40-,41+,43-,44-,46+,47+,48-,49-,50+,51+,56+;/m0./s1. The van der Waals surface area contributed by atoms with E-state index in [1.54, 1.807) is 44.2 Å². The number of rotatable bonds is 11. The van der Waals surface area contributed by atoms with Crippen molar-refractivity contribution in [3.05, 3.63) is 65.5 Å². The number of piperidine rings is 1. The molecule has 14 atom stereocenters. The molecule has 18 nitrogen and oxygen atoms in total. The topological polar surface area (TPSA) is 224 Å². The number of ether oxygens (including phenoxy) is 6. The Kier molecular flexibility index (Phi) is 23.6. The lowest BCUT2D eigenvalue weighted by Crippen LogP contribution is -2.64. The highest BCUT2D eigenvalue weighted by atomic mass is 16.7. The van der Waals surface area contributed by atoms with E-state index in [1.165, 1.54) is 19.1 Å². The zero-order valence-corrected chi connectivity index (χ0v) is 45.0. The van der Waals surface area contributed by atoms with Crippen LogP contribution >= 0.6 is 0 Å². The number of aromatic nitrogens is 1. The van der Waals surface area contributed by atoms with Gasteiger partial charge in [-0.1, -0.05) is 64.1 Å². The molecule has 4 aliphatic heterocycles. The number of hydrogen-bond acceptors (Lipinski definition) is 16. The van der Waals surface area contributed by atoms with Gasteiger partial charge < -0.3 is 53.5 Å². The highest BCUT2D eigenvalue weighted by Crippen LogP contribution is 2.39. The smallest absolute Gasteiger partial charge is 0.410 e. The number of aliphatic hydroxyl groups excluding tert-OH is 2. The van der Waals surface area contributed by atoms with Crippen molar-refractivity contribution < 1.29 is 67.7 Å². The number of carbonyl (C=O) groups excluding carboxylic acids is 5. The first-order valence-corrected chi connectivity index (χ1v) is 26.9. The Bertz CT molecular complexity index is 2130. The third kappa shape index (κ3) is 15.9. The van der Waals surface area contributed by atoms with Crippen LogP contribution in [-0.4, -0.2) is 180 Å². The summed E-state index contributed by atoms with van der Waals surface area (Å²) in [5.41, 5.74) is 2.49. The molecule has 3 saturated heterocycles. The minimum absolute atomic E-state index is 0. The predicted molar refractivity (Wildman–Crippen MR) is 281 cm³/mol. The van der Waals surface area contributed by atoms with Crippen molar-refractivity contribution in [2.75, 3.05) is 60.7 Å². The van der Waals surface area contributed by atoms with Gasteiger partial charge in [-0.15, -0.1) is 0 Å². The van der Waals surface area contributed by atoms with Gasteiger partial charge in [0.15, 0.2) is 0 Å². The van der Waals surface area contributed by atoms with Gasteiger partial charge in [0, 0.05) is 91.0 Å². The van der Waals surface area contributed by atoms with Crippen LogP contribution in [0.15, 0.2) is 59.8 Å². The van der Waals surface area contributed by atoms with E-state index in [4.69, 9.17) is 28.4 Å². The second-order valence-electron chi connectivity index (χ2n) is 21.6. The monoisotopic (exact) mass is 1050 g/mol. The van der Waals surface area contributed by atoms with Crippen molar-refractivity contribution >= 4 is 29.5 Å². The van der Waals surface area contributed by atoms with Gasteiger partial charge >= 0.3 is 12.1 Å². The molecule has 1 saturated carbocycles. The van der Waals surface area contributed by atoms with E-state index in [0.717, 1.165) is 11.3 Å². The van der Waals surface area contributed by atoms with Crippen molar-refractivity contribution in [1.29, 1.82) is 0 Å². The van der Waals surface area contributed by atoms with E-state index in [-0.39, 0.29) is 70.0 Å². The molecule has 2 amide bonds. The summed E-state index contributed by atoms with van der Waals surface area (Å²) in [5, 5.41) is 33.8. The maximum Gasteiger partial charge on any atom is 0.410 e. The van der Waals surface area contributed by atoms with Gasteiger partial charge in [-0.2, -0.15) is 0 Å². The van der Waals surface area contributed by atoms with Crippen LogP contribution in [0.4, 0.5) is 4.79 Å². The molecule has 0 unspecified atom stereocenters. The molecule has 1 aliphatic carbocycles. The number of carbonyl (C=O) groups is 5. The predicted octanol–water partition coefficient (Wildman–Crippen LogP) is 5.99. The second kappa shape index (κ2) is 28.8. The summed E-state index contributed by atoms with van der Waals surface area (Å²) in [7, 11) is 4.62. The third-order valence-corrected chi connectivity index (χ3v) is 16.1. The molecule has 1 aromatic rings. The lowest BCUT2D eigenvalue weighted by molar-refractivity contribution is -0.302. The van der Waals surface area contributed by atoms with Crippen molar-refractivity contribution in [2.24, 2.45) is 29.6 Å². The number of aliphatic hydroxyl groups is 3. The van der Waals surface area contributed by atoms with Gasteiger partial charge in [0.05, 0.1) is 36.7 Å². The number of amides is 2. The third-order valence-electron chi connectivity index (χ3n) is 16.1. The van der Waals surface area contributed by atoms with Gasteiger partial charge in [-0.05, 0) is 108 Å². The average Bonchev–Trinajstić information content (AvgIpc) is 3.39. The van der Waals surface area contributed by atoms with Crippen LogP contribution < -0.4 is 0 Å². The van der Waals surface area contributed by atoms with Crippen LogP contribution in [-0.2, 0) is 54.1 Å². The number of cyclic esters (lactones) is 1. The molecule has 0 aromatic carbocycles. The number of allylic oxidation sites excluding steroid dienone is 4. The number of nitrogens with zero attached hydrogens (tertiary/aromatic N) is 4. The van der Waals surface area contributed by atoms with E-state index in [1.807, 2.05) is 51.1 Å². The quantitative estimate of drug-likeness (QED) is 0.131. The fourth-order valence-electron chi connectivity index (χ4n) is 11.7. The highest BCUT2D eigenvalue weighted by molar-refractivity contribution is 6.39. The summed E-state index contributed by atoms with van der Waals surface area (Å²) in [6.07, 6.45) is 7.15. The summed E-state index contributed by atoms with van der Waals surface area (Å²) >= 11 is 0. The Morgan fingerprint density at radius 2 is 1.59 bits per heavy atom. The summed E-state index contributed by atoms with van der Waals surface area (Å²) < 4.78 is 36.5. The van der Waals surface area contributed by atoms with Crippen molar-refractivity contribution in [3.8, 4) is 0 Å². The van der Waals surface area contributed by atoms with Gasteiger partial charge in [-0.3, -0.25) is 24.3 Å². The number of esters is 1. The van der Waals surface area contributed by atoms with Crippen molar-refractivity contribution in [1.82, 2.24) is 19.7 Å². The summed E-state index contributed by atoms with van der Waals surface area (Å²) in [6.45, 7) is 12.1. The molecule has 2 bridgehead atoms. The number of methoxy groups -OCH3 is 3. The van der Waals surface area contributed by atoms with E-state index in [2.05, 4.69) is 9.88 Å². The van der Waals surface area contributed by atoms with Crippen LogP contribution in [0.1, 0.15) is 118 Å². The van der Waals surface area contributed by atoms with E-state index >= 15 is 0 Å². The molecule has 3 N–H and O–H groups in total. The maximum atomic E-state index is 14.7. The fraction of sp³-hybridized carbons (Fsp3) is 0.719. The molecule has 4 fully saturated rings. The number of Topliss-reactive ketones (excluding diaryl/α,β-unsaturated/α-hetero) is 2. The molecule has 0 spiro atoms. The maximum absolute atomic E-state index is 14.7. The first-order chi connectivity index (χ1) is 35.4.